The summed E-state index contributed by atoms with van der Waals surface area (Å²) >= 11 is 12.0. The maximum absolute atomic E-state index is 12.1. The van der Waals surface area contributed by atoms with E-state index >= 15 is 0 Å². The minimum atomic E-state index is -0.0319. The first kappa shape index (κ1) is 21.8. The summed E-state index contributed by atoms with van der Waals surface area (Å²) in [6, 6.07) is 5.41. The number of rotatable bonds is 6. The summed E-state index contributed by atoms with van der Waals surface area (Å²) < 4.78 is 1.78. The Bertz CT molecular complexity index is 744. The van der Waals surface area contributed by atoms with Crippen LogP contribution in [-0.2, 0) is 11.2 Å². The van der Waals surface area contributed by atoms with Crippen molar-refractivity contribution in [1.82, 2.24) is 15.1 Å². The Balaban J connectivity index is 0.00000312. The topological polar surface area (TPSA) is 72.9 Å². The molecule has 0 aliphatic heterocycles. The summed E-state index contributed by atoms with van der Waals surface area (Å²) in [5.74, 6) is -0.0319. The molecule has 8 heteroatoms. The zero-order valence-corrected chi connectivity index (χ0v) is 16.8. The smallest absolute Gasteiger partial charge is 0.224 e. The quantitative estimate of drug-likeness (QED) is 0.771. The van der Waals surface area contributed by atoms with Crippen LogP contribution in [0.5, 0.6) is 0 Å². The molecular formula is C17H23Cl3N4O. The molecular weight excluding hydrogens is 383 g/mol. The molecule has 3 N–H and O–H groups in total. The number of nitrogens with two attached hydrogens (primary N) is 1. The van der Waals surface area contributed by atoms with Crippen LogP contribution in [-0.4, -0.2) is 28.3 Å². The predicted molar refractivity (Wildman–Crippen MR) is 105 cm³/mol. The Morgan fingerprint density at radius 2 is 2.00 bits per heavy atom. The molecule has 1 atom stereocenters. The molecule has 1 amide bonds. The van der Waals surface area contributed by atoms with Crippen LogP contribution in [0.1, 0.15) is 30.3 Å². The molecule has 1 unspecified atom stereocenters. The Labute approximate surface area is 164 Å². The van der Waals surface area contributed by atoms with Crippen LogP contribution in [0, 0.1) is 13.8 Å². The lowest BCUT2D eigenvalue weighted by atomic mass is 10.1. The standard InChI is InChI=1S/C17H22Cl2N4O.ClH/c1-10(20)6-7-21-17(24)9-14-11(2)22-23(12(14)3)13-4-5-15(18)16(19)8-13;/h4-5,8,10H,6-7,9,20H2,1-3H3,(H,21,24);1H. The van der Waals surface area contributed by atoms with Crippen molar-refractivity contribution in [3.63, 3.8) is 0 Å². The number of amides is 1. The van der Waals surface area contributed by atoms with E-state index in [1.54, 1.807) is 16.8 Å². The first-order chi connectivity index (χ1) is 11.3. The van der Waals surface area contributed by atoms with E-state index in [1.165, 1.54) is 0 Å². The molecule has 0 bridgehead atoms. The highest BCUT2D eigenvalue weighted by atomic mass is 35.5. The molecule has 0 aliphatic rings. The minimum absolute atomic E-state index is 0. The van der Waals surface area contributed by atoms with E-state index in [9.17, 15) is 4.79 Å². The molecule has 0 radical (unpaired) electrons. The predicted octanol–water partition coefficient (Wildman–Crippen LogP) is 3.61. The number of nitrogens with one attached hydrogen (secondary N) is 1. The van der Waals surface area contributed by atoms with Gasteiger partial charge in [0.2, 0.25) is 5.91 Å². The number of aryl methyl sites for hydroxylation is 1. The van der Waals surface area contributed by atoms with Gasteiger partial charge in [-0.3, -0.25) is 4.79 Å². The van der Waals surface area contributed by atoms with Gasteiger partial charge in [0, 0.05) is 23.8 Å². The van der Waals surface area contributed by atoms with E-state index in [1.807, 2.05) is 26.8 Å². The highest BCUT2D eigenvalue weighted by molar-refractivity contribution is 6.42. The molecule has 0 fully saturated rings. The van der Waals surface area contributed by atoms with Crippen LogP contribution >= 0.6 is 35.6 Å². The van der Waals surface area contributed by atoms with Crippen LogP contribution in [0.2, 0.25) is 10.0 Å². The van der Waals surface area contributed by atoms with Gasteiger partial charge in [-0.1, -0.05) is 23.2 Å². The second-order valence-electron chi connectivity index (χ2n) is 5.95. The Hall–Kier alpha value is -1.27. The van der Waals surface area contributed by atoms with Gasteiger partial charge in [-0.15, -0.1) is 12.4 Å². The van der Waals surface area contributed by atoms with Crippen LogP contribution in [0.25, 0.3) is 5.69 Å². The average molecular weight is 406 g/mol. The monoisotopic (exact) mass is 404 g/mol. The first-order valence-electron chi connectivity index (χ1n) is 7.82. The fraction of sp³-hybridized carbons (Fsp3) is 0.412. The van der Waals surface area contributed by atoms with Crippen LogP contribution < -0.4 is 11.1 Å². The summed E-state index contributed by atoms with van der Waals surface area (Å²) in [5, 5.41) is 8.38. The lowest BCUT2D eigenvalue weighted by molar-refractivity contribution is -0.120. The molecule has 1 heterocycles. The summed E-state index contributed by atoms with van der Waals surface area (Å²) in [7, 11) is 0. The third-order valence-corrected chi connectivity index (χ3v) is 4.59. The van der Waals surface area contributed by atoms with Crippen molar-refractivity contribution >= 4 is 41.5 Å². The van der Waals surface area contributed by atoms with Gasteiger partial charge >= 0.3 is 0 Å². The second kappa shape index (κ2) is 9.43. The van der Waals surface area contributed by atoms with Gasteiger partial charge < -0.3 is 11.1 Å². The number of benzene rings is 1. The first-order valence-corrected chi connectivity index (χ1v) is 8.58. The zero-order valence-electron chi connectivity index (χ0n) is 14.5. The fourth-order valence-electron chi connectivity index (χ4n) is 2.46. The van der Waals surface area contributed by atoms with E-state index in [4.69, 9.17) is 28.9 Å². The minimum Gasteiger partial charge on any atom is -0.356 e. The van der Waals surface area contributed by atoms with Crippen LogP contribution in [0.4, 0.5) is 0 Å². The third-order valence-electron chi connectivity index (χ3n) is 3.85. The Morgan fingerprint density at radius 1 is 1.32 bits per heavy atom. The molecule has 2 rings (SSSR count). The van der Waals surface area contributed by atoms with Gasteiger partial charge in [0.1, 0.15) is 0 Å². The summed E-state index contributed by atoms with van der Waals surface area (Å²) in [4.78, 5) is 12.1. The molecule has 0 spiro atoms. The van der Waals surface area contributed by atoms with Crippen molar-refractivity contribution in [1.29, 1.82) is 0 Å². The molecule has 0 aliphatic carbocycles. The van der Waals surface area contributed by atoms with Crippen molar-refractivity contribution in [2.75, 3.05) is 6.54 Å². The number of halogens is 3. The molecule has 0 saturated heterocycles. The lowest BCUT2D eigenvalue weighted by Gasteiger charge is -2.08. The Morgan fingerprint density at radius 3 is 2.60 bits per heavy atom. The molecule has 1 aromatic heterocycles. The zero-order chi connectivity index (χ0) is 17.9. The largest absolute Gasteiger partial charge is 0.356 e. The lowest BCUT2D eigenvalue weighted by Crippen LogP contribution is -2.30. The molecule has 2 aromatic rings. The van der Waals surface area contributed by atoms with Gasteiger partial charge in [-0.05, 0) is 45.4 Å². The molecule has 138 valence electrons. The molecule has 0 saturated carbocycles. The highest BCUT2D eigenvalue weighted by Gasteiger charge is 2.16. The maximum atomic E-state index is 12.1. The van der Waals surface area contributed by atoms with Crippen molar-refractivity contribution in [3.05, 3.63) is 45.2 Å². The van der Waals surface area contributed by atoms with E-state index in [2.05, 4.69) is 10.4 Å². The van der Waals surface area contributed by atoms with Crippen molar-refractivity contribution in [3.8, 4) is 5.69 Å². The van der Waals surface area contributed by atoms with Gasteiger partial charge in [-0.25, -0.2) is 4.68 Å². The fourth-order valence-corrected chi connectivity index (χ4v) is 2.75. The van der Waals surface area contributed by atoms with Gasteiger partial charge in [-0.2, -0.15) is 5.10 Å². The van der Waals surface area contributed by atoms with Gasteiger partial charge in [0.25, 0.3) is 0 Å². The van der Waals surface area contributed by atoms with Crippen LogP contribution in [0.15, 0.2) is 18.2 Å². The molecule has 5 nitrogen and oxygen atoms in total. The third kappa shape index (κ3) is 5.61. The van der Waals surface area contributed by atoms with Crippen molar-refractivity contribution < 1.29 is 4.79 Å². The van der Waals surface area contributed by atoms with E-state index in [0.29, 0.717) is 16.6 Å². The number of hydrogen-bond donors (Lipinski definition) is 2. The summed E-state index contributed by atoms with van der Waals surface area (Å²) in [6.07, 6.45) is 1.05. The normalized spacial score (nSPS) is 11.8. The molecule has 25 heavy (non-hydrogen) atoms. The van der Waals surface area contributed by atoms with E-state index in [-0.39, 0.29) is 30.8 Å². The number of aromatic nitrogens is 2. The van der Waals surface area contributed by atoms with E-state index < -0.39 is 0 Å². The highest BCUT2D eigenvalue weighted by Crippen LogP contribution is 2.26. The maximum Gasteiger partial charge on any atom is 0.224 e. The van der Waals surface area contributed by atoms with E-state index in [0.717, 1.165) is 29.1 Å². The second-order valence-corrected chi connectivity index (χ2v) is 6.77. The van der Waals surface area contributed by atoms with Crippen molar-refractivity contribution in [2.45, 2.75) is 39.7 Å². The number of nitrogens with zero attached hydrogens (tertiary/aromatic N) is 2. The van der Waals surface area contributed by atoms with Crippen molar-refractivity contribution in [2.24, 2.45) is 5.73 Å². The van der Waals surface area contributed by atoms with Crippen LogP contribution in [0.3, 0.4) is 0 Å². The SMILES string of the molecule is Cc1nn(-c2ccc(Cl)c(Cl)c2)c(C)c1CC(=O)NCCC(C)N.Cl. The number of hydrogen-bond acceptors (Lipinski definition) is 3. The van der Waals surface area contributed by atoms with Gasteiger partial charge in [0.15, 0.2) is 0 Å². The number of carbonyl (C=O) groups excluding carboxylic acids is 1. The van der Waals surface area contributed by atoms with Gasteiger partial charge in [0.05, 0.1) is 27.8 Å². The average Bonchev–Trinajstić information content (AvgIpc) is 2.78. The molecule has 1 aromatic carbocycles. The summed E-state index contributed by atoms with van der Waals surface area (Å²) in [5.41, 5.74) is 9.15. The number of carbonyl (C=O) groups is 1. The summed E-state index contributed by atoms with van der Waals surface area (Å²) in [6.45, 7) is 6.33. The Kier molecular flexibility index (Phi) is 8.22.